The van der Waals surface area contributed by atoms with E-state index >= 15 is 0 Å². The number of nitrogens with zero attached hydrogens (tertiary/aromatic N) is 4. The Morgan fingerprint density at radius 2 is 2.03 bits per heavy atom. The molecule has 3 rings (SSSR count). The van der Waals surface area contributed by atoms with Gasteiger partial charge in [-0.3, -0.25) is 9.89 Å². The Morgan fingerprint density at radius 3 is 2.66 bits per heavy atom. The van der Waals surface area contributed by atoms with Crippen molar-refractivity contribution in [3.8, 4) is 5.69 Å². The van der Waals surface area contributed by atoms with Crippen LogP contribution < -0.4 is 10.6 Å². The Kier molecular flexibility index (Phi) is 8.84. The summed E-state index contributed by atoms with van der Waals surface area (Å²) in [6.45, 7) is 9.07. The predicted molar refractivity (Wildman–Crippen MR) is 124 cm³/mol. The molecule has 0 unspecified atom stereocenters. The van der Waals surface area contributed by atoms with Gasteiger partial charge in [0.25, 0.3) is 0 Å². The van der Waals surface area contributed by atoms with E-state index in [1.54, 1.807) is 36.4 Å². The van der Waals surface area contributed by atoms with E-state index in [0.717, 1.165) is 38.4 Å². The third-order valence-electron chi connectivity index (χ3n) is 5.03. The van der Waals surface area contributed by atoms with Gasteiger partial charge in [0.05, 0.1) is 25.2 Å². The van der Waals surface area contributed by atoms with E-state index in [1.807, 2.05) is 6.07 Å². The molecule has 0 radical (unpaired) electrons. The van der Waals surface area contributed by atoms with Crippen LogP contribution in [0.1, 0.15) is 19.4 Å². The van der Waals surface area contributed by atoms with E-state index in [0.29, 0.717) is 18.2 Å². The second kappa shape index (κ2) is 10.9. The van der Waals surface area contributed by atoms with E-state index in [9.17, 15) is 4.39 Å². The minimum Gasteiger partial charge on any atom is -0.379 e. The normalized spacial score (nSPS) is 15.7. The van der Waals surface area contributed by atoms with E-state index in [4.69, 9.17) is 4.74 Å². The molecule has 0 atom stereocenters. The van der Waals surface area contributed by atoms with Crippen molar-refractivity contribution >= 4 is 29.9 Å². The zero-order valence-electron chi connectivity index (χ0n) is 17.2. The van der Waals surface area contributed by atoms with Crippen molar-refractivity contribution in [1.82, 2.24) is 25.1 Å². The first-order valence-electron chi connectivity index (χ1n) is 9.54. The summed E-state index contributed by atoms with van der Waals surface area (Å²) in [5.41, 5.74) is 1.31. The van der Waals surface area contributed by atoms with Crippen LogP contribution in [0.3, 0.4) is 0 Å². The minimum absolute atomic E-state index is 0. The average molecular weight is 516 g/mol. The van der Waals surface area contributed by atoms with Gasteiger partial charge >= 0.3 is 0 Å². The number of ether oxygens (including phenoxy) is 1. The number of nitrogens with one attached hydrogen (secondary N) is 2. The first-order chi connectivity index (χ1) is 13.5. The highest BCUT2D eigenvalue weighted by atomic mass is 127. The van der Waals surface area contributed by atoms with Crippen molar-refractivity contribution in [3.05, 3.63) is 48.3 Å². The molecule has 1 saturated heterocycles. The van der Waals surface area contributed by atoms with Crippen LogP contribution in [0.15, 0.2) is 41.9 Å². The van der Waals surface area contributed by atoms with Gasteiger partial charge in [-0.05, 0) is 31.5 Å². The largest absolute Gasteiger partial charge is 0.379 e. The van der Waals surface area contributed by atoms with Gasteiger partial charge in [0, 0.05) is 51.2 Å². The minimum atomic E-state index is -0.284. The molecule has 29 heavy (non-hydrogen) atoms. The summed E-state index contributed by atoms with van der Waals surface area (Å²) in [5.74, 6) is 0.411. The number of halogens is 2. The third kappa shape index (κ3) is 6.38. The molecule has 2 heterocycles. The molecule has 1 fully saturated rings. The standard InChI is InChI=1S/C20H29FN6O.HI/c1-20(2,27-8-10-28-11-9-27)14-25-19(22-3)24-13-16-4-5-18(17(21)12-16)26-7-6-23-15-26;/h4-7,12,15H,8-11,13-14H2,1-3H3,(H2,22,24,25);1H. The molecule has 0 aliphatic carbocycles. The van der Waals surface area contributed by atoms with E-state index in [1.165, 1.54) is 6.07 Å². The molecular formula is C20H30FIN6O. The summed E-state index contributed by atoms with van der Waals surface area (Å²) in [4.78, 5) is 10.7. The Balaban J connectivity index is 0.00000300. The second-order valence-corrected chi connectivity index (χ2v) is 7.45. The van der Waals surface area contributed by atoms with Crippen LogP contribution in [0.25, 0.3) is 5.69 Å². The van der Waals surface area contributed by atoms with Crippen LogP contribution in [0, 0.1) is 5.82 Å². The van der Waals surface area contributed by atoms with Crippen LogP contribution in [-0.4, -0.2) is 65.8 Å². The van der Waals surface area contributed by atoms with Crippen LogP contribution in [0.5, 0.6) is 0 Å². The molecule has 9 heteroatoms. The molecule has 0 bridgehead atoms. The number of hydrogen-bond acceptors (Lipinski definition) is 4. The van der Waals surface area contributed by atoms with Crippen LogP contribution in [-0.2, 0) is 11.3 Å². The quantitative estimate of drug-likeness (QED) is 0.351. The molecule has 0 spiro atoms. The Hall–Kier alpha value is -1.72. The average Bonchev–Trinajstić information content (AvgIpc) is 3.23. The second-order valence-electron chi connectivity index (χ2n) is 7.45. The van der Waals surface area contributed by atoms with Gasteiger partial charge < -0.3 is 19.9 Å². The lowest BCUT2D eigenvalue weighted by Crippen LogP contribution is -2.56. The summed E-state index contributed by atoms with van der Waals surface area (Å²) >= 11 is 0. The summed E-state index contributed by atoms with van der Waals surface area (Å²) < 4.78 is 21.5. The lowest BCUT2D eigenvalue weighted by atomic mass is 10.0. The number of aromatic nitrogens is 2. The fraction of sp³-hybridized carbons (Fsp3) is 0.500. The zero-order valence-corrected chi connectivity index (χ0v) is 19.5. The van der Waals surface area contributed by atoms with Crippen LogP contribution in [0.2, 0.25) is 0 Å². The molecule has 7 nitrogen and oxygen atoms in total. The number of guanidine groups is 1. The van der Waals surface area contributed by atoms with Gasteiger partial charge in [-0.25, -0.2) is 9.37 Å². The monoisotopic (exact) mass is 516 g/mol. The maximum absolute atomic E-state index is 14.4. The lowest BCUT2D eigenvalue weighted by Gasteiger charge is -2.41. The van der Waals surface area contributed by atoms with Crippen molar-refractivity contribution < 1.29 is 9.13 Å². The fourth-order valence-electron chi connectivity index (χ4n) is 3.26. The maximum atomic E-state index is 14.4. The molecule has 160 valence electrons. The summed E-state index contributed by atoms with van der Waals surface area (Å²) in [5, 5.41) is 6.63. The summed E-state index contributed by atoms with van der Waals surface area (Å²) in [6.07, 6.45) is 4.93. The number of imidazole rings is 1. The van der Waals surface area contributed by atoms with Crippen molar-refractivity contribution in [2.45, 2.75) is 25.9 Å². The van der Waals surface area contributed by atoms with Crippen molar-refractivity contribution in [2.24, 2.45) is 4.99 Å². The molecule has 1 aromatic carbocycles. The Morgan fingerprint density at radius 1 is 1.28 bits per heavy atom. The van der Waals surface area contributed by atoms with E-state index < -0.39 is 0 Å². The first kappa shape index (κ1) is 23.6. The van der Waals surface area contributed by atoms with E-state index in [-0.39, 0.29) is 35.3 Å². The number of benzene rings is 1. The van der Waals surface area contributed by atoms with Crippen molar-refractivity contribution in [1.29, 1.82) is 0 Å². The smallest absolute Gasteiger partial charge is 0.191 e. The Labute approximate surface area is 188 Å². The molecule has 1 aliphatic heterocycles. The van der Waals surface area contributed by atoms with Gasteiger partial charge in [0.1, 0.15) is 5.82 Å². The Bertz CT molecular complexity index is 790. The highest BCUT2D eigenvalue weighted by molar-refractivity contribution is 14.0. The third-order valence-corrected chi connectivity index (χ3v) is 5.03. The SMILES string of the molecule is CN=C(NCc1ccc(-n2ccnc2)c(F)c1)NCC(C)(C)N1CCOCC1.I. The first-order valence-corrected chi connectivity index (χ1v) is 9.54. The van der Waals surface area contributed by atoms with Gasteiger partial charge in [0.15, 0.2) is 5.96 Å². The topological polar surface area (TPSA) is 66.7 Å². The van der Waals surface area contributed by atoms with Gasteiger partial charge in [0.2, 0.25) is 0 Å². The predicted octanol–water partition coefficient (Wildman–Crippen LogP) is 2.41. The van der Waals surface area contributed by atoms with Crippen LogP contribution >= 0.6 is 24.0 Å². The molecular weight excluding hydrogens is 486 g/mol. The molecule has 0 amide bonds. The molecule has 2 aromatic rings. The number of rotatable bonds is 6. The molecule has 0 saturated carbocycles. The van der Waals surface area contributed by atoms with Gasteiger partial charge in [-0.1, -0.05) is 6.07 Å². The zero-order chi connectivity index (χ0) is 20.0. The van der Waals surface area contributed by atoms with Crippen LogP contribution in [0.4, 0.5) is 4.39 Å². The van der Waals surface area contributed by atoms with Gasteiger partial charge in [-0.15, -0.1) is 24.0 Å². The summed E-state index contributed by atoms with van der Waals surface area (Å²) in [6, 6.07) is 5.19. The van der Waals surface area contributed by atoms with Crippen molar-refractivity contribution in [3.63, 3.8) is 0 Å². The highest BCUT2D eigenvalue weighted by Crippen LogP contribution is 2.16. The number of hydrogen-bond donors (Lipinski definition) is 2. The number of aliphatic imine (C=N–C) groups is 1. The maximum Gasteiger partial charge on any atom is 0.191 e. The van der Waals surface area contributed by atoms with Gasteiger partial charge in [-0.2, -0.15) is 0 Å². The number of morpholine rings is 1. The summed E-state index contributed by atoms with van der Waals surface area (Å²) in [7, 11) is 1.74. The fourth-order valence-corrected chi connectivity index (χ4v) is 3.26. The van der Waals surface area contributed by atoms with Crippen molar-refractivity contribution in [2.75, 3.05) is 39.9 Å². The van der Waals surface area contributed by atoms with E-state index in [2.05, 4.69) is 39.4 Å². The highest BCUT2D eigenvalue weighted by Gasteiger charge is 2.28. The molecule has 1 aromatic heterocycles. The molecule has 1 aliphatic rings. The molecule has 2 N–H and O–H groups in total. The lowest BCUT2D eigenvalue weighted by molar-refractivity contribution is -0.00834.